The molecule has 0 atom stereocenters. The van der Waals surface area contributed by atoms with E-state index in [0.29, 0.717) is 5.06 Å². The molecule has 1 aliphatic heterocycles. The zero-order chi connectivity index (χ0) is 11.8. The van der Waals surface area contributed by atoms with Crippen LogP contribution in [0.1, 0.15) is 17.7 Å². The largest absolute Gasteiger partial charge is 0.498 e. The molecule has 17 heavy (non-hydrogen) atoms. The van der Waals surface area contributed by atoms with E-state index in [9.17, 15) is 5.11 Å². The van der Waals surface area contributed by atoms with E-state index in [1.807, 2.05) is 18.7 Å². The lowest BCUT2D eigenvalue weighted by Crippen LogP contribution is -1.98. The van der Waals surface area contributed by atoms with E-state index in [2.05, 4.69) is 23.2 Å². The van der Waals surface area contributed by atoms with Gasteiger partial charge in [-0.25, -0.2) is 4.98 Å². The summed E-state index contributed by atoms with van der Waals surface area (Å²) in [7, 11) is 0. The van der Waals surface area contributed by atoms with Crippen molar-refractivity contribution in [2.24, 2.45) is 0 Å². The van der Waals surface area contributed by atoms with Gasteiger partial charge in [-0.05, 0) is 43.2 Å². The lowest BCUT2D eigenvalue weighted by atomic mass is 10.1. The number of thiazole rings is 1. The average Bonchev–Trinajstić information content (AvgIpc) is 2.69. The lowest BCUT2D eigenvalue weighted by molar-refractivity contribution is 0.485. The summed E-state index contributed by atoms with van der Waals surface area (Å²) in [5.74, 6) is 1.23. The maximum absolute atomic E-state index is 9.59. The number of rotatable bonds is 1. The van der Waals surface area contributed by atoms with Crippen molar-refractivity contribution in [1.29, 1.82) is 0 Å². The van der Waals surface area contributed by atoms with Gasteiger partial charge in [-0.15, -0.1) is 11.8 Å². The Morgan fingerprint density at radius 2 is 2.24 bits per heavy atom. The Labute approximate surface area is 109 Å². The normalized spacial score (nSPS) is 14.6. The summed E-state index contributed by atoms with van der Waals surface area (Å²) in [6.07, 6.45) is 2.41. The van der Waals surface area contributed by atoms with Crippen molar-refractivity contribution in [2.45, 2.75) is 24.7 Å². The predicted octanol–water partition coefficient (Wildman–Crippen LogP) is 3.86. The fourth-order valence-corrected chi connectivity index (χ4v) is 3.83. The third-order valence-electron chi connectivity index (χ3n) is 2.93. The van der Waals surface area contributed by atoms with Crippen LogP contribution in [-0.2, 0) is 6.42 Å². The molecule has 1 aliphatic rings. The van der Waals surface area contributed by atoms with Crippen LogP contribution >= 0.6 is 23.1 Å². The summed E-state index contributed by atoms with van der Waals surface area (Å²) < 4.78 is 0. The highest BCUT2D eigenvalue weighted by Crippen LogP contribution is 2.36. The molecule has 0 spiro atoms. The molecule has 3 rings (SSSR count). The van der Waals surface area contributed by atoms with Gasteiger partial charge in [-0.1, -0.05) is 17.4 Å². The average molecular weight is 263 g/mol. The summed E-state index contributed by atoms with van der Waals surface area (Å²) >= 11 is 3.29. The summed E-state index contributed by atoms with van der Waals surface area (Å²) in [6.45, 7) is 1.84. The number of benzene rings is 1. The third kappa shape index (κ3) is 2.07. The van der Waals surface area contributed by atoms with Gasteiger partial charge in [0.15, 0.2) is 5.06 Å². The number of hydrogen-bond acceptors (Lipinski definition) is 4. The van der Waals surface area contributed by atoms with Crippen LogP contribution in [0.3, 0.4) is 0 Å². The number of aromatic nitrogens is 1. The molecular formula is C13H13NOS2. The standard InChI is InChI=1S/C13H13NOS2/c1-8-13(15)17-12(14-8)10-4-5-11-9(7-10)3-2-6-16-11/h4-5,7,15H,2-3,6H2,1H3. The molecule has 0 amide bonds. The van der Waals surface area contributed by atoms with Crippen LogP contribution in [0.5, 0.6) is 5.06 Å². The van der Waals surface area contributed by atoms with Gasteiger partial charge in [0.1, 0.15) is 5.01 Å². The first-order valence-corrected chi connectivity index (χ1v) is 7.47. The molecule has 2 aromatic rings. The van der Waals surface area contributed by atoms with Gasteiger partial charge in [-0.2, -0.15) is 0 Å². The first-order chi connectivity index (χ1) is 8.24. The van der Waals surface area contributed by atoms with Crippen LogP contribution in [-0.4, -0.2) is 15.8 Å². The minimum atomic E-state index is 0.326. The van der Waals surface area contributed by atoms with Gasteiger partial charge in [-0.3, -0.25) is 0 Å². The van der Waals surface area contributed by atoms with Crippen molar-refractivity contribution in [1.82, 2.24) is 4.98 Å². The Balaban J connectivity index is 2.03. The Hall–Kier alpha value is -1.00. The van der Waals surface area contributed by atoms with Crippen LogP contribution < -0.4 is 0 Å². The molecule has 2 nitrogen and oxygen atoms in total. The molecule has 88 valence electrons. The second-order valence-electron chi connectivity index (χ2n) is 4.18. The zero-order valence-corrected chi connectivity index (χ0v) is 11.2. The first-order valence-electron chi connectivity index (χ1n) is 5.66. The Morgan fingerprint density at radius 1 is 1.35 bits per heavy atom. The van der Waals surface area contributed by atoms with Crippen molar-refractivity contribution >= 4 is 23.1 Å². The minimum Gasteiger partial charge on any atom is -0.498 e. The maximum Gasteiger partial charge on any atom is 0.195 e. The second kappa shape index (κ2) is 4.35. The SMILES string of the molecule is Cc1nc(-c2ccc3c(c2)CCCS3)sc1O. The summed E-state index contributed by atoms with van der Waals surface area (Å²) in [5.41, 5.74) is 3.27. The number of hydrogen-bond donors (Lipinski definition) is 1. The highest BCUT2D eigenvalue weighted by Gasteiger charge is 2.13. The van der Waals surface area contributed by atoms with Gasteiger partial charge in [0.05, 0.1) is 5.69 Å². The van der Waals surface area contributed by atoms with Crippen molar-refractivity contribution in [3.05, 3.63) is 29.5 Å². The summed E-state index contributed by atoms with van der Waals surface area (Å²) in [5, 5.41) is 10.8. The quantitative estimate of drug-likeness (QED) is 0.848. The van der Waals surface area contributed by atoms with Gasteiger partial charge in [0.2, 0.25) is 0 Å². The third-order valence-corrected chi connectivity index (χ3v) is 5.14. The van der Waals surface area contributed by atoms with Crippen LogP contribution in [0, 0.1) is 6.92 Å². The van der Waals surface area contributed by atoms with Crippen molar-refractivity contribution in [3.8, 4) is 15.6 Å². The van der Waals surface area contributed by atoms with Gasteiger partial charge in [0.25, 0.3) is 0 Å². The molecule has 0 bridgehead atoms. The summed E-state index contributed by atoms with van der Waals surface area (Å²) in [4.78, 5) is 5.79. The van der Waals surface area contributed by atoms with Gasteiger partial charge in [0, 0.05) is 10.5 Å². The van der Waals surface area contributed by atoms with E-state index < -0.39 is 0 Å². The smallest absolute Gasteiger partial charge is 0.195 e. The molecule has 0 saturated heterocycles. The second-order valence-corrected chi connectivity index (χ2v) is 6.30. The molecule has 2 heterocycles. The Morgan fingerprint density at radius 3 is 3.00 bits per heavy atom. The van der Waals surface area contributed by atoms with Crippen LogP contribution in [0.4, 0.5) is 0 Å². The first kappa shape index (κ1) is 11.1. The highest BCUT2D eigenvalue weighted by atomic mass is 32.2. The minimum absolute atomic E-state index is 0.326. The molecule has 1 aromatic heterocycles. The maximum atomic E-state index is 9.59. The van der Waals surface area contributed by atoms with Crippen molar-refractivity contribution in [3.63, 3.8) is 0 Å². The Bertz CT molecular complexity index is 543. The monoisotopic (exact) mass is 263 g/mol. The number of aryl methyl sites for hydroxylation is 2. The highest BCUT2D eigenvalue weighted by molar-refractivity contribution is 7.99. The molecule has 4 heteroatoms. The molecule has 0 radical (unpaired) electrons. The van der Waals surface area contributed by atoms with Crippen molar-refractivity contribution < 1.29 is 5.11 Å². The molecule has 0 aliphatic carbocycles. The molecular weight excluding hydrogens is 250 g/mol. The summed E-state index contributed by atoms with van der Waals surface area (Å²) in [6, 6.07) is 6.51. The fraction of sp³-hybridized carbons (Fsp3) is 0.308. The Kier molecular flexibility index (Phi) is 2.84. The van der Waals surface area contributed by atoms with Gasteiger partial charge >= 0.3 is 0 Å². The van der Waals surface area contributed by atoms with E-state index >= 15 is 0 Å². The molecule has 1 N–H and O–H groups in total. The molecule has 1 aromatic carbocycles. The van der Waals surface area contributed by atoms with E-state index in [4.69, 9.17) is 0 Å². The van der Waals surface area contributed by atoms with E-state index in [1.54, 1.807) is 0 Å². The fourth-order valence-electron chi connectivity index (χ4n) is 2.01. The molecule has 0 fully saturated rings. The number of nitrogens with zero attached hydrogens (tertiary/aromatic N) is 1. The van der Waals surface area contributed by atoms with E-state index in [-0.39, 0.29) is 0 Å². The van der Waals surface area contributed by atoms with E-state index in [1.165, 1.54) is 34.0 Å². The van der Waals surface area contributed by atoms with Crippen LogP contribution in [0.2, 0.25) is 0 Å². The number of thioether (sulfide) groups is 1. The van der Waals surface area contributed by atoms with E-state index in [0.717, 1.165) is 22.7 Å². The topological polar surface area (TPSA) is 33.1 Å². The number of aromatic hydroxyl groups is 1. The van der Waals surface area contributed by atoms with Gasteiger partial charge < -0.3 is 5.11 Å². The zero-order valence-electron chi connectivity index (χ0n) is 9.56. The predicted molar refractivity (Wildman–Crippen MR) is 73.0 cm³/mol. The van der Waals surface area contributed by atoms with Crippen LogP contribution in [0.15, 0.2) is 23.1 Å². The molecule has 0 saturated carbocycles. The lowest BCUT2D eigenvalue weighted by Gasteiger charge is -2.15. The van der Waals surface area contributed by atoms with Crippen LogP contribution in [0.25, 0.3) is 10.6 Å². The van der Waals surface area contributed by atoms with Crippen molar-refractivity contribution in [2.75, 3.05) is 5.75 Å². The molecule has 0 unspecified atom stereocenters. The number of fused-ring (bicyclic) bond motifs is 1.